The zero-order valence-electron chi connectivity index (χ0n) is 14.3. The molecule has 0 fully saturated rings. The minimum atomic E-state index is -3.86. The third kappa shape index (κ3) is 3.02. The Morgan fingerprint density at radius 2 is 1.84 bits per heavy atom. The fraction of sp³-hybridized carbons (Fsp3) is 0.316. The Morgan fingerprint density at radius 3 is 2.44 bits per heavy atom. The maximum absolute atomic E-state index is 13.2. The highest BCUT2D eigenvalue weighted by molar-refractivity contribution is 7.93. The lowest BCUT2D eigenvalue weighted by atomic mass is 9.99. The lowest BCUT2D eigenvalue weighted by Gasteiger charge is -2.25. The van der Waals surface area contributed by atoms with Crippen LogP contribution in [0.15, 0.2) is 53.4 Å². The van der Waals surface area contributed by atoms with Crippen LogP contribution in [0, 0.1) is 0 Å². The minimum Gasteiger partial charge on any atom is -0.368 e. The number of amides is 1. The molecule has 25 heavy (non-hydrogen) atoms. The molecule has 2 aromatic rings. The lowest BCUT2D eigenvalue weighted by Crippen LogP contribution is -2.45. The molecule has 0 saturated carbocycles. The van der Waals surface area contributed by atoms with Crippen molar-refractivity contribution in [1.29, 1.82) is 0 Å². The molecular weight excluding hydrogens is 336 g/mol. The highest BCUT2D eigenvalue weighted by Gasteiger charge is 2.41. The predicted molar refractivity (Wildman–Crippen MR) is 97.9 cm³/mol. The van der Waals surface area contributed by atoms with Gasteiger partial charge in [0.2, 0.25) is 5.91 Å². The van der Waals surface area contributed by atoms with E-state index in [9.17, 15) is 13.2 Å². The van der Waals surface area contributed by atoms with Gasteiger partial charge in [0.05, 0.1) is 10.6 Å². The van der Waals surface area contributed by atoms with Crippen molar-refractivity contribution in [3.63, 3.8) is 0 Å². The summed E-state index contributed by atoms with van der Waals surface area (Å²) in [5, 5.41) is 0. The summed E-state index contributed by atoms with van der Waals surface area (Å²) in [6, 6.07) is 13.1. The Bertz CT molecular complexity index is 891. The van der Waals surface area contributed by atoms with Crippen molar-refractivity contribution < 1.29 is 13.2 Å². The second-order valence-electron chi connectivity index (χ2n) is 6.43. The summed E-state index contributed by atoms with van der Waals surface area (Å²) in [5.41, 5.74) is 7.91. The standard InChI is InChI=1S/C19H22N2O3S/c1-3-13(2)14-8-10-16(11-9-14)25(23,24)21-17-7-5-4-6-15(17)12-18(21)19(20)22/h4-11,13,18H,3,12H2,1-2H3,(H2,20,22)/t13?,18-/m0/s1. The van der Waals surface area contributed by atoms with Gasteiger partial charge in [0.1, 0.15) is 6.04 Å². The number of carbonyl (C=O) groups is 1. The molecule has 1 aliphatic rings. The first-order chi connectivity index (χ1) is 11.9. The number of sulfonamides is 1. The lowest BCUT2D eigenvalue weighted by molar-refractivity contribution is -0.118. The molecule has 0 bridgehead atoms. The largest absolute Gasteiger partial charge is 0.368 e. The second kappa shape index (κ2) is 6.52. The SMILES string of the molecule is CCC(C)c1ccc(S(=O)(=O)N2c3ccccc3C[C@H]2C(N)=O)cc1. The van der Waals surface area contributed by atoms with Gasteiger partial charge in [0.25, 0.3) is 10.0 Å². The molecule has 1 amide bonds. The molecule has 0 aliphatic carbocycles. The average molecular weight is 358 g/mol. The molecule has 132 valence electrons. The van der Waals surface area contributed by atoms with Crippen LogP contribution in [0.4, 0.5) is 5.69 Å². The van der Waals surface area contributed by atoms with Crippen molar-refractivity contribution in [1.82, 2.24) is 0 Å². The van der Waals surface area contributed by atoms with E-state index in [4.69, 9.17) is 5.73 Å². The van der Waals surface area contributed by atoms with E-state index in [0.29, 0.717) is 18.0 Å². The summed E-state index contributed by atoms with van der Waals surface area (Å²) >= 11 is 0. The van der Waals surface area contributed by atoms with Crippen LogP contribution < -0.4 is 10.0 Å². The van der Waals surface area contributed by atoms with E-state index in [-0.39, 0.29) is 4.90 Å². The zero-order valence-corrected chi connectivity index (χ0v) is 15.2. The third-order valence-electron chi connectivity index (χ3n) is 4.87. The summed E-state index contributed by atoms with van der Waals surface area (Å²) < 4.78 is 27.5. The molecular formula is C19H22N2O3S. The molecule has 0 spiro atoms. The van der Waals surface area contributed by atoms with Gasteiger partial charge in [-0.1, -0.05) is 44.2 Å². The molecule has 0 radical (unpaired) electrons. The Labute approximate surface area is 148 Å². The van der Waals surface area contributed by atoms with Crippen LogP contribution >= 0.6 is 0 Å². The summed E-state index contributed by atoms with van der Waals surface area (Å²) in [4.78, 5) is 12.0. The van der Waals surface area contributed by atoms with Gasteiger partial charge in [-0.15, -0.1) is 0 Å². The number of nitrogens with two attached hydrogens (primary N) is 1. The van der Waals surface area contributed by atoms with Gasteiger partial charge < -0.3 is 5.73 Å². The molecule has 2 N–H and O–H groups in total. The monoisotopic (exact) mass is 358 g/mol. The van der Waals surface area contributed by atoms with Crippen molar-refractivity contribution >= 4 is 21.6 Å². The molecule has 6 heteroatoms. The van der Waals surface area contributed by atoms with Crippen molar-refractivity contribution in [2.75, 3.05) is 4.31 Å². The quantitative estimate of drug-likeness (QED) is 0.892. The summed E-state index contributed by atoms with van der Waals surface area (Å²) in [7, 11) is -3.86. The van der Waals surface area contributed by atoms with Gasteiger partial charge in [-0.05, 0) is 41.7 Å². The Balaban J connectivity index is 2.04. The highest BCUT2D eigenvalue weighted by atomic mass is 32.2. The van der Waals surface area contributed by atoms with E-state index in [2.05, 4.69) is 13.8 Å². The van der Waals surface area contributed by atoms with Crippen LogP contribution in [-0.2, 0) is 21.2 Å². The predicted octanol–water partition coefficient (Wildman–Crippen LogP) is 2.81. The first-order valence-electron chi connectivity index (χ1n) is 8.38. The van der Waals surface area contributed by atoms with Crippen LogP contribution in [0.2, 0.25) is 0 Å². The maximum Gasteiger partial charge on any atom is 0.265 e. The number of primary amides is 1. The number of rotatable bonds is 5. The van der Waals surface area contributed by atoms with Gasteiger partial charge in [-0.3, -0.25) is 9.10 Å². The number of anilines is 1. The molecule has 0 saturated heterocycles. The van der Waals surface area contributed by atoms with Gasteiger partial charge in [-0.2, -0.15) is 0 Å². The number of para-hydroxylation sites is 1. The van der Waals surface area contributed by atoms with Crippen molar-refractivity contribution in [2.45, 2.75) is 43.5 Å². The maximum atomic E-state index is 13.2. The summed E-state index contributed by atoms with van der Waals surface area (Å²) in [6.45, 7) is 4.19. The van der Waals surface area contributed by atoms with Crippen LogP contribution in [0.5, 0.6) is 0 Å². The van der Waals surface area contributed by atoms with E-state index in [1.54, 1.807) is 24.3 Å². The molecule has 1 aliphatic heterocycles. The van der Waals surface area contributed by atoms with E-state index in [1.807, 2.05) is 24.3 Å². The van der Waals surface area contributed by atoms with Crippen LogP contribution in [-0.4, -0.2) is 20.4 Å². The molecule has 2 aromatic carbocycles. The smallest absolute Gasteiger partial charge is 0.265 e. The van der Waals surface area contributed by atoms with E-state index < -0.39 is 22.0 Å². The number of hydrogen-bond acceptors (Lipinski definition) is 3. The van der Waals surface area contributed by atoms with E-state index in [0.717, 1.165) is 17.5 Å². The van der Waals surface area contributed by atoms with Gasteiger partial charge >= 0.3 is 0 Å². The van der Waals surface area contributed by atoms with Crippen LogP contribution in [0.3, 0.4) is 0 Å². The Morgan fingerprint density at radius 1 is 1.20 bits per heavy atom. The van der Waals surface area contributed by atoms with Crippen molar-refractivity contribution in [2.24, 2.45) is 5.73 Å². The van der Waals surface area contributed by atoms with Gasteiger partial charge in [0, 0.05) is 6.42 Å². The number of fused-ring (bicyclic) bond motifs is 1. The minimum absolute atomic E-state index is 0.169. The summed E-state index contributed by atoms with van der Waals surface area (Å²) in [5.74, 6) is -0.279. The van der Waals surface area contributed by atoms with E-state index in [1.165, 1.54) is 4.31 Å². The fourth-order valence-electron chi connectivity index (χ4n) is 3.19. The fourth-order valence-corrected chi connectivity index (χ4v) is 4.85. The number of hydrogen-bond donors (Lipinski definition) is 1. The first kappa shape index (κ1) is 17.5. The number of benzene rings is 2. The highest BCUT2D eigenvalue weighted by Crippen LogP contribution is 2.36. The Kier molecular flexibility index (Phi) is 4.56. The number of nitrogens with zero attached hydrogens (tertiary/aromatic N) is 1. The molecule has 2 atom stereocenters. The third-order valence-corrected chi connectivity index (χ3v) is 6.71. The number of carbonyl (C=O) groups excluding carboxylic acids is 1. The molecule has 0 aromatic heterocycles. The Hall–Kier alpha value is -2.34. The van der Waals surface area contributed by atoms with E-state index >= 15 is 0 Å². The summed E-state index contributed by atoms with van der Waals surface area (Å²) in [6.07, 6.45) is 1.28. The van der Waals surface area contributed by atoms with Gasteiger partial charge in [0.15, 0.2) is 0 Å². The topological polar surface area (TPSA) is 80.5 Å². The molecule has 5 nitrogen and oxygen atoms in total. The van der Waals surface area contributed by atoms with Crippen molar-refractivity contribution in [3.05, 3.63) is 59.7 Å². The zero-order chi connectivity index (χ0) is 18.2. The van der Waals surface area contributed by atoms with Crippen LogP contribution in [0.25, 0.3) is 0 Å². The van der Waals surface area contributed by atoms with Crippen molar-refractivity contribution in [3.8, 4) is 0 Å². The molecule has 3 rings (SSSR count). The first-order valence-corrected chi connectivity index (χ1v) is 9.82. The average Bonchev–Trinajstić information content (AvgIpc) is 3.02. The second-order valence-corrected chi connectivity index (χ2v) is 8.25. The molecule has 1 unspecified atom stereocenters. The molecule has 1 heterocycles. The van der Waals surface area contributed by atoms with Crippen LogP contribution in [0.1, 0.15) is 37.3 Å². The normalized spacial score (nSPS) is 18.0. The van der Waals surface area contributed by atoms with Gasteiger partial charge in [-0.25, -0.2) is 8.42 Å².